The minimum Gasteiger partial charge on any atom is -0.469 e. The van der Waals surface area contributed by atoms with Crippen LogP contribution in [-0.4, -0.2) is 76.1 Å². The molecule has 0 unspecified atom stereocenters. The van der Waals surface area contributed by atoms with E-state index < -0.39 is 64.6 Å². The van der Waals surface area contributed by atoms with Crippen LogP contribution in [-0.2, 0) is 38.2 Å². The zero-order chi connectivity index (χ0) is 39.6. The number of hydrogen-bond donors (Lipinski definition) is 2. The van der Waals surface area contributed by atoms with Gasteiger partial charge in [-0.2, -0.15) is 0 Å². The molecule has 1 fully saturated rings. The van der Waals surface area contributed by atoms with Gasteiger partial charge in [-0.25, -0.2) is 0 Å². The first-order chi connectivity index (χ1) is 24.6. The van der Waals surface area contributed by atoms with Crippen LogP contribution in [0.5, 0.6) is 0 Å². The molecule has 2 aliphatic heterocycles. The van der Waals surface area contributed by atoms with Crippen molar-refractivity contribution in [2.45, 2.75) is 156 Å². The van der Waals surface area contributed by atoms with Crippen LogP contribution in [0, 0.1) is 29.1 Å². The predicted octanol–water partition coefficient (Wildman–Crippen LogP) is 6.66. The molecule has 0 spiro atoms. The molecule has 0 saturated carbocycles. The molecule has 294 valence electrons. The highest BCUT2D eigenvalue weighted by atomic mass is 16.6. The van der Waals surface area contributed by atoms with Crippen LogP contribution in [0.4, 0.5) is 0 Å². The van der Waals surface area contributed by atoms with Crippen LogP contribution >= 0.6 is 0 Å². The molecule has 0 aromatic rings. The van der Waals surface area contributed by atoms with E-state index in [1.165, 1.54) is 14.0 Å². The summed E-state index contributed by atoms with van der Waals surface area (Å²) in [4.78, 5) is 70.3. The summed E-state index contributed by atoms with van der Waals surface area (Å²) < 4.78 is 17.9. The summed E-state index contributed by atoms with van der Waals surface area (Å²) in [5.41, 5.74) is -0.945. The topological polar surface area (TPSA) is 154 Å². The first kappa shape index (κ1) is 42.5. The molecular formula is C43H62O10. The van der Waals surface area contributed by atoms with Crippen molar-refractivity contribution in [3.8, 4) is 0 Å². The molecule has 0 aromatic heterocycles. The second-order valence-corrected chi connectivity index (χ2v) is 17.1. The van der Waals surface area contributed by atoms with Gasteiger partial charge in [0.25, 0.3) is 0 Å². The van der Waals surface area contributed by atoms with E-state index >= 15 is 0 Å². The standard InChI is InChI=1S/C43H62O10/c1-24(2)30-21-34(45)27(5)13-11-12-25(3)19-35(46)33-20-28(6)31-22-39(52-29(7)44)42(9,50)38-16-17-41(8,49)37(53-38)15-14-26(4)18-32(31)43(33,23-36(30)47)40(48)51-10/h13,18-19,24,30,32-33,37-39,49-50H,11-12,14-17,20-23H2,1-10H3/b25-19+,26-18+,27-13-/t30-,32-,33+,37-,38+,39-,41+,42-,43-/m0/s1. The summed E-state index contributed by atoms with van der Waals surface area (Å²) in [5.74, 6) is -4.86. The molecule has 53 heavy (non-hydrogen) atoms. The molecule has 4 rings (SSSR count). The molecule has 1 saturated heterocycles. The van der Waals surface area contributed by atoms with Crippen LogP contribution in [0.3, 0.4) is 0 Å². The van der Waals surface area contributed by atoms with Crippen LogP contribution in [0.15, 0.2) is 46.1 Å². The zero-order valence-electron chi connectivity index (χ0n) is 33.5. The average Bonchev–Trinajstić information content (AvgIpc) is 3.06. The number of esters is 2. The van der Waals surface area contributed by atoms with Crippen LogP contribution in [0.25, 0.3) is 0 Å². The number of fused-ring (bicyclic) bond motifs is 5. The SMILES string of the molecule is COC(=O)[C@]12CC(=O)[C@H](C(C)C)CC(=O)/C(C)=C\CC/C(C)=C/C(=O)[C@H]1CC(C)=C1C[C@H](OC(C)=O)[C@@](C)(O)[C@H]3CC[C@@](C)(O)[C@H](CC/C(C)=C/[C@@H]12)O3. The van der Waals surface area contributed by atoms with Crippen molar-refractivity contribution in [2.75, 3.05) is 7.11 Å². The normalized spacial score (nSPS) is 39.7. The van der Waals surface area contributed by atoms with Crippen molar-refractivity contribution >= 4 is 29.3 Å². The Bertz CT molecular complexity index is 1590. The van der Waals surface area contributed by atoms with Gasteiger partial charge in [0, 0.05) is 43.9 Å². The van der Waals surface area contributed by atoms with E-state index in [-0.39, 0.29) is 49.0 Å². The van der Waals surface area contributed by atoms with Crippen LogP contribution in [0.1, 0.15) is 127 Å². The number of rotatable bonds is 3. The highest BCUT2D eigenvalue weighted by Gasteiger charge is 2.60. The van der Waals surface area contributed by atoms with Gasteiger partial charge in [-0.1, -0.05) is 48.3 Å². The Morgan fingerprint density at radius 2 is 1.62 bits per heavy atom. The average molecular weight is 739 g/mol. The van der Waals surface area contributed by atoms with Crippen molar-refractivity contribution < 1.29 is 48.4 Å². The highest BCUT2D eigenvalue weighted by molar-refractivity contribution is 6.02. The Morgan fingerprint density at radius 3 is 2.25 bits per heavy atom. The number of carbonyl (C=O) groups excluding carboxylic acids is 5. The maximum atomic E-state index is 14.8. The van der Waals surface area contributed by atoms with Crippen molar-refractivity contribution in [2.24, 2.45) is 29.1 Å². The number of aliphatic hydroxyl groups is 2. The Labute approximate surface area is 315 Å². The van der Waals surface area contributed by atoms with Gasteiger partial charge in [0.05, 0.1) is 30.3 Å². The van der Waals surface area contributed by atoms with Gasteiger partial charge in [-0.3, -0.25) is 24.0 Å². The molecule has 2 aliphatic carbocycles. The summed E-state index contributed by atoms with van der Waals surface area (Å²) in [7, 11) is 1.26. The fourth-order valence-corrected chi connectivity index (χ4v) is 9.14. The summed E-state index contributed by atoms with van der Waals surface area (Å²) in [6, 6.07) is 0. The Hall–Kier alpha value is -3.21. The Morgan fingerprint density at radius 1 is 0.943 bits per heavy atom. The van der Waals surface area contributed by atoms with Gasteiger partial charge in [0.2, 0.25) is 0 Å². The smallest absolute Gasteiger partial charge is 0.313 e. The monoisotopic (exact) mass is 738 g/mol. The summed E-state index contributed by atoms with van der Waals surface area (Å²) in [5, 5.41) is 23.6. The Kier molecular flexibility index (Phi) is 13.4. The summed E-state index contributed by atoms with van der Waals surface area (Å²) >= 11 is 0. The number of ketones is 3. The zero-order valence-corrected chi connectivity index (χ0v) is 33.5. The van der Waals surface area contributed by atoms with Crippen molar-refractivity contribution in [3.63, 3.8) is 0 Å². The first-order valence-corrected chi connectivity index (χ1v) is 19.3. The largest absolute Gasteiger partial charge is 0.469 e. The molecule has 10 heteroatoms. The lowest BCUT2D eigenvalue weighted by Gasteiger charge is -2.50. The number of hydrogen-bond acceptors (Lipinski definition) is 10. The molecule has 0 radical (unpaired) electrons. The second kappa shape index (κ2) is 16.7. The third kappa shape index (κ3) is 9.03. The molecule has 2 bridgehead atoms. The van der Waals surface area contributed by atoms with E-state index in [9.17, 15) is 34.2 Å². The second-order valence-electron chi connectivity index (χ2n) is 17.1. The number of allylic oxidation sites excluding steroid dienone is 7. The lowest BCUT2D eigenvalue weighted by atomic mass is 9.53. The van der Waals surface area contributed by atoms with Crippen LogP contribution < -0.4 is 0 Å². The van der Waals surface area contributed by atoms with E-state index in [1.54, 1.807) is 26.8 Å². The lowest BCUT2D eigenvalue weighted by Crippen LogP contribution is -2.59. The number of methoxy groups -OCH3 is 1. The highest BCUT2D eigenvalue weighted by Crippen LogP contribution is 2.56. The molecule has 9 atom stereocenters. The van der Waals surface area contributed by atoms with Gasteiger partial charge in [-0.05, 0) is 104 Å². The summed E-state index contributed by atoms with van der Waals surface area (Å²) in [6.45, 7) is 15.7. The van der Waals surface area contributed by atoms with Crippen molar-refractivity contribution in [1.29, 1.82) is 0 Å². The van der Waals surface area contributed by atoms with Gasteiger partial charge in [0.15, 0.2) is 11.6 Å². The van der Waals surface area contributed by atoms with Gasteiger partial charge in [-0.15, -0.1) is 0 Å². The molecule has 10 nitrogen and oxygen atoms in total. The molecule has 0 amide bonds. The first-order valence-electron chi connectivity index (χ1n) is 19.3. The third-order valence-electron chi connectivity index (χ3n) is 12.6. The molecule has 2 heterocycles. The number of carbonyl (C=O) groups is 5. The lowest BCUT2D eigenvalue weighted by molar-refractivity contribution is -0.239. The molecule has 0 aromatic carbocycles. The summed E-state index contributed by atoms with van der Waals surface area (Å²) in [6.07, 6.45) is 5.18. The van der Waals surface area contributed by atoms with Gasteiger partial charge >= 0.3 is 11.9 Å². The predicted molar refractivity (Wildman–Crippen MR) is 200 cm³/mol. The number of Topliss-reactive ketones (excluding diaryl/α,β-unsaturated/α-hetero) is 2. The minimum absolute atomic E-state index is 0.00736. The van der Waals surface area contributed by atoms with Gasteiger partial charge in [0.1, 0.15) is 17.5 Å². The van der Waals surface area contributed by atoms with E-state index in [2.05, 4.69) is 0 Å². The quantitative estimate of drug-likeness (QED) is 0.238. The molecule has 4 aliphatic rings. The molecule has 2 N–H and O–H groups in total. The van der Waals surface area contributed by atoms with E-state index in [0.29, 0.717) is 49.7 Å². The van der Waals surface area contributed by atoms with Gasteiger partial charge < -0.3 is 24.4 Å². The number of ether oxygens (including phenoxy) is 3. The van der Waals surface area contributed by atoms with E-state index in [0.717, 1.165) is 16.7 Å². The van der Waals surface area contributed by atoms with Crippen LogP contribution in [0.2, 0.25) is 0 Å². The van der Waals surface area contributed by atoms with Crippen molar-refractivity contribution in [1.82, 2.24) is 0 Å². The molecular weight excluding hydrogens is 676 g/mol. The third-order valence-corrected chi connectivity index (χ3v) is 12.6. The van der Waals surface area contributed by atoms with Crippen molar-refractivity contribution in [3.05, 3.63) is 46.1 Å². The fourth-order valence-electron chi connectivity index (χ4n) is 9.14. The minimum atomic E-state index is -1.73. The Balaban J connectivity index is 2.05. The van der Waals surface area contributed by atoms with E-state index in [4.69, 9.17) is 14.2 Å². The van der Waals surface area contributed by atoms with E-state index in [1.807, 2.05) is 46.8 Å². The maximum absolute atomic E-state index is 14.8. The fraction of sp³-hybridized carbons (Fsp3) is 0.698. The maximum Gasteiger partial charge on any atom is 0.313 e.